The molecule has 0 N–H and O–H groups in total. The first-order chi connectivity index (χ1) is 16.1. The zero-order valence-electron chi connectivity index (χ0n) is 20.3. The number of carbonyl (C=O) groups excluding carboxylic acids is 1. The third-order valence-electron chi connectivity index (χ3n) is 7.45. The van der Waals surface area contributed by atoms with Gasteiger partial charge in [-0.15, -0.1) is 12.4 Å². The molecule has 1 amide bonds. The van der Waals surface area contributed by atoms with Crippen LogP contribution in [0.15, 0.2) is 48.5 Å². The van der Waals surface area contributed by atoms with Crippen molar-refractivity contribution in [3.8, 4) is 11.5 Å². The summed E-state index contributed by atoms with van der Waals surface area (Å²) in [5.74, 6) is 2.55. The molecule has 5 rings (SSSR count). The third kappa shape index (κ3) is 5.36. The van der Waals surface area contributed by atoms with Gasteiger partial charge < -0.3 is 14.4 Å². The number of hydrogen-bond acceptors (Lipinski definition) is 4. The summed E-state index contributed by atoms with van der Waals surface area (Å²) in [5, 5.41) is 0. The smallest absolute Gasteiger partial charge is 0.254 e. The molecule has 3 heterocycles. The summed E-state index contributed by atoms with van der Waals surface area (Å²) in [5.41, 5.74) is 2.03. The summed E-state index contributed by atoms with van der Waals surface area (Å²) in [7, 11) is 0. The van der Waals surface area contributed by atoms with Gasteiger partial charge in [-0.05, 0) is 75.8 Å². The summed E-state index contributed by atoms with van der Waals surface area (Å²) in [6, 6.07) is 16.7. The number of benzene rings is 2. The average molecular weight is 485 g/mol. The highest BCUT2D eigenvalue weighted by atomic mass is 35.5. The molecule has 4 atom stereocenters. The second-order valence-corrected chi connectivity index (χ2v) is 10.1. The van der Waals surface area contributed by atoms with E-state index < -0.39 is 0 Å². The maximum absolute atomic E-state index is 13.3. The van der Waals surface area contributed by atoms with Crippen LogP contribution in [0.2, 0.25) is 0 Å². The van der Waals surface area contributed by atoms with Gasteiger partial charge in [0.1, 0.15) is 12.7 Å². The van der Waals surface area contributed by atoms with Crippen LogP contribution in [0.3, 0.4) is 0 Å². The Labute approximate surface area is 209 Å². The first-order valence-corrected chi connectivity index (χ1v) is 12.6. The Morgan fingerprint density at radius 2 is 1.68 bits per heavy atom. The predicted octanol–water partition coefficient (Wildman–Crippen LogP) is 5.35. The Hall–Kier alpha value is -2.24. The SMILES string of the molecule is CCCN(CC1C[C@H]2CC[C@@H](C1)N2C(=O)c1ccc(C)cc1)CC1COc2ccccc2O1.Cl. The Balaban J connectivity index is 0.00000274. The van der Waals surface area contributed by atoms with Crippen molar-refractivity contribution in [2.75, 3.05) is 26.2 Å². The van der Waals surface area contributed by atoms with Crippen LogP contribution in [0.4, 0.5) is 0 Å². The van der Waals surface area contributed by atoms with Gasteiger partial charge in [-0.1, -0.05) is 36.8 Å². The molecule has 2 unspecified atom stereocenters. The minimum Gasteiger partial charge on any atom is -0.486 e. The Kier molecular flexibility index (Phi) is 8.05. The van der Waals surface area contributed by atoms with E-state index in [1.807, 2.05) is 48.5 Å². The fraction of sp³-hybridized carbons (Fsp3) is 0.536. The van der Waals surface area contributed by atoms with E-state index in [1.54, 1.807) is 0 Å². The molecule has 2 aromatic carbocycles. The van der Waals surface area contributed by atoms with Crippen molar-refractivity contribution in [3.05, 3.63) is 59.7 Å². The maximum atomic E-state index is 13.3. The lowest BCUT2D eigenvalue weighted by molar-refractivity contribution is 0.0355. The molecule has 2 fully saturated rings. The number of rotatable bonds is 7. The fourth-order valence-corrected chi connectivity index (χ4v) is 6.00. The fourth-order valence-electron chi connectivity index (χ4n) is 6.00. The number of para-hydroxylation sites is 2. The number of hydrogen-bond donors (Lipinski definition) is 0. The molecule has 2 bridgehead atoms. The molecule has 3 aliphatic rings. The largest absolute Gasteiger partial charge is 0.486 e. The van der Waals surface area contributed by atoms with E-state index in [0.717, 1.165) is 68.8 Å². The van der Waals surface area contributed by atoms with Crippen molar-refractivity contribution in [2.45, 2.75) is 64.1 Å². The third-order valence-corrected chi connectivity index (χ3v) is 7.45. The molecule has 2 saturated heterocycles. The highest BCUT2D eigenvalue weighted by molar-refractivity contribution is 5.95. The van der Waals surface area contributed by atoms with Gasteiger partial charge in [-0.3, -0.25) is 9.69 Å². The average Bonchev–Trinajstić information content (AvgIpc) is 3.09. The second-order valence-electron chi connectivity index (χ2n) is 10.1. The Morgan fingerprint density at radius 1 is 1.00 bits per heavy atom. The number of ether oxygens (including phenoxy) is 2. The summed E-state index contributed by atoms with van der Waals surface area (Å²) in [6.45, 7) is 7.95. The molecule has 0 aliphatic carbocycles. The molecular formula is C28H37ClN2O3. The summed E-state index contributed by atoms with van der Waals surface area (Å²) in [6.07, 6.45) is 5.69. The lowest BCUT2D eigenvalue weighted by Crippen LogP contribution is -2.49. The van der Waals surface area contributed by atoms with E-state index >= 15 is 0 Å². The minimum absolute atomic E-state index is 0. The van der Waals surface area contributed by atoms with Crippen molar-refractivity contribution in [2.24, 2.45) is 5.92 Å². The molecule has 0 spiro atoms. The van der Waals surface area contributed by atoms with E-state index in [-0.39, 0.29) is 24.4 Å². The molecule has 0 radical (unpaired) electrons. The van der Waals surface area contributed by atoms with Crippen molar-refractivity contribution >= 4 is 18.3 Å². The number of aryl methyl sites for hydroxylation is 1. The van der Waals surface area contributed by atoms with Crippen molar-refractivity contribution in [1.82, 2.24) is 9.80 Å². The molecule has 3 aliphatic heterocycles. The number of carbonyl (C=O) groups is 1. The molecular weight excluding hydrogens is 448 g/mol. The van der Waals surface area contributed by atoms with Gasteiger partial charge in [0.05, 0.1) is 0 Å². The molecule has 34 heavy (non-hydrogen) atoms. The van der Waals surface area contributed by atoms with E-state index in [2.05, 4.69) is 23.6 Å². The molecule has 184 valence electrons. The van der Waals surface area contributed by atoms with E-state index in [0.29, 0.717) is 24.6 Å². The monoisotopic (exact) mass is 484 g/mol. The van der Waals surface area contributed by atoms with E-state index in [4.69, 9.17) is 9.47 Å². The summed E-state index contributed by atoms with van der Waals surface area (Å²) >= 11 is 0. The van der Waals surface area contributed by atoms with Gasteiger partial charge in [0, 0.05) is 30.7 Å². The maximum Gasteiger partial charge on any atom is 0.254 e. The van der Waals surface area contributed by atoms with Crippen molar-refractivity contribution in [3.63, 3.8) is 0 Å². The van der Waals surface area contributed by atoms with Gasteiger partial charge in [0.2, 0.25) is 0 Å². The van der Waals surface area contributed by atoms with Crippen molar-refractivity contribution in [1.29, 1.82) is 0 Å². The van der Waals surface area contributed by atoms with Crippen LogP contribution >= 0.6 is 12.4 Å². The first kappa shape index (κ1) is 24.9. The molecule has 0 saturated carbocycles. The van der Waals surface area contributed by atoms with Gasteiger partial charge in [0.15, 0.2) is 11.5 Å². The van der Waals surface area contributed by atoms with Gasteiger partial charge >= 0.3 is 0 Å². The minimum atomic E-state index is 0. The second kappa shape index (κ2) is 11.0. The molecule has 5 nitrogen and oxygen atoms in total. The van der Waals surface area contributed by atoms with Gasteiger partial charge in [-0.2, -0.15) is 0 Å². The van der Waals surface area contributed by atoms with Crippen LogP contribution in [0.25, 0.3) is 0 Å². The predicted molar refractivity (Wildman–Crippen MR) is 137 cm³/mol. The summed E-state index contributed by atoms with van der Waals surface area (Å²) < 4.78 is 12.2. The number of piperidine rings is 1. The van der Waals surface area contributed by atoms with Crippen LogP contribution in [0.5, 0.6) is 11.5 Å². The molecule has 0 aromatic heterocycles. The summed E-state index contributed by atoms with van der Waals surface area (Å²) in [4.78, 5) is 18.0. The normalized spacial score (nSPS) is 25.2. The quantitative estimate of drug-likeness (QED) is 0.531. The number of halogens is 1. The number of nitrogens with zero attached hydrogens (tertiary/aromatic N) is 2. The Bertz CT molecular complexity index is 952. The van der Waals surface area contributed by atoms with Crippen LogP contribution in [-0.4, -0.2) is 60.1 Å². The lowest BCUT2D eigenvalue weighted by Gasteiger charge is -2.41. The van der Waals surface area contributed by atoms with Gasteiger partial charge in [-0.25, -0.2) is 0 Å². The molecule has 6 heteroatoms. The highest BCUT2D eigenvalue weighted by Crippen LogP contribution is 2.40. The van der Waals surface area contributed by atoms with Crippen LogP contribution in [0, 0.1) is 12.8 Å². The number of amides is 1. The van der Waals surface area contributed by atoms with E-state index in [1.165, 1.54) is 5.56 Å². The lowest BCUT2D eigenvalue weighted by atomic mass is 9.89. The zero-order chi connectivity index (χ0) is 22.8. The first-order valence-electron chi connectivity index (χ1n) is 12.6. The zero-order valence-corrected chi connectivity index (χ0v) is 21.1. The molecule has 2 aromatic rings. The van der Waals surface area contributed by atoms with Gasteiger partial charge in [0.25, 0.3) is 5.91 Å². The van der Waals surface area contributed by atoms with Crippen LogP contribution < -0.4 is 9.47 Å². The van der Waals surface area contributed by atoms with Crippen LogP contribution in [-0.2, 0) is 0 Å². The Morgan fingerprint density at radius 3 is 2.35 bits per heavy atom. The van der Waals surface area contributed by atoms with Crippen LogP contribution in [0.1, 0.15) is 54.9 Å². The van der Waals surface area contributed by atoms with E-state index in [9.17, 15) is 4.79 Å². The standard InChI is InChI=1S/C28H36N2O3.ClH/c1-3-14-29(18-25-19-32-26-6-4-5-7-27(26)33-25)17-21-15-23-12-13-24(16-21)30(23)28(31)22-10-8-20(2)9-11-22;/h4-11,21,23-25H,3,12-19H2,1-2H3;1H/t21?,23-,24+,25?;. The number of fused-ring (bicyclic) bond motifs is 3. The highest BCUT2D eigenvalue weighted by Gasteiger charge is 2.43. The van der Waals surface area contributed by atoms with Crippen molar-refractivity contribution < 1.29 is 14.3 Å². The topological polar surface area (TPSA) is 42.0 Å².